The lowest BCUT2D eigenvalue weighted by atomic mass is 10.1. The summed E-state index contributed by atoms with van der Waals surface area (Å²) in [6.07, 6.45) is 2.46. The number of aromatic nitrogens is 7. The Hall–Kier alpha value is -4.16. The second-order valence-corrected chi connectivity index (χ2v) is 7.95. The van der Waals surface area contributed by atoms with Gasteiger partial charge in [0.25, 0.3) is 5.91 Å². The zero-order valence-corrected chi connectivity index (χ0v) is 17.8. The summed E-state index contributed by atoms with van der Waals surface area (Å²) in [7, 11) is 0. The van der Waals surface area contributed by atoms with Gasteiger partial charge in [0.1, 0.15) is 36.7 Å². The van der Waals surface area contributed by atoms with Gasteiger partial charge in [0.15, 0.2) is 0 Å². The highest BCUT2D eigenvalue weighted by Crippen LogP contribution is 2.36. The average molecular weight is 460 g/mol. The zero-order valence-electron chi connectivity index (χ0n) is 17.8. The minimum atomic E-state index is -0.318. The number of hydrogen-bond acceptors (Lipinski definition) is 9. The molecule has 4 heterocycles. The van der Waals surface area contributed by atoms with Crippen LogP contribution in [-0.2, 0) is 9.47 Å². The van der Waals surface area contributed by atoms with Crippen molar-refractivity contribution in [3.63, 3.8) is 0 Å². The third-order valence-corrected chi connectivity index (χ3v) is 5.89. The van der Waals surface area contributed by atoms with Crippen LogP contribution in [-0.4, -0.2) is 72.3 Å². The first-order valence-electron chi connectivity index (χ1n) is 10.8. The molecule has 4 aromatic rings. The summed E-state index contributed by atoms with van der Waals surface area (Å²) in [5.74, 6) is 0.401. The van der Waals surface area contributed by atoms with Crippen molar-refractivity contribution < 1.29 is 19.0 Å². The van der Waals surface area contributed by atoms with E-state index in [1.807, 2.05) is 30.3 Å². The van der Waals surface area contributed by atoms with Crippen LogP contribution in [0.5, 0.6) is 11.8 Å². The first-order valence-corrected chi connectivity index (χ1v) is 10.8. The number of amides is 1. The van der Waals surface area contributed by atoms with Gasteiger partial charge in [-0.25, -0.2) is 9.67 Å². The van der Waals surface area contributed by atoms with E-state index in [0.29, 0.717) is 24.5 Å². The Kier molecular flexibility index (Phi) is 5.20. The van der Waals surface area contributed by atoms with Gasteiger partial charge in [-0.1, -0.05) is 23.3 Å². The number of ether oxygens (including phenoxy) is 3. The number of hydrogen-bond donors (Lipinski definition) is 1. The lowest BCUT2D eigenvalue weighted by Crippen LogP contribution is -2.44. The van der Waals surface area contributed by atoms with Crippen LogP contribution in [0.25, 0.3) is 5.69 Å². The van der Waals surface area contributed by atoms with Crippen LogP contribution in [0.15, 0.2) is 67.3 Å². The summed E-state index contributed by atoms with van der Waals surface area (Å²) in [6.45, 7) is 0.673. The standard InChI is InChI=1S/C22H20N8O4/c31-21(14-4-2-1-3-5-14)25-17-10-32-20-18(11-33-19(17)20)30-22(26-27-28-30)34-16-8-6-15(7-9-16)29-13-23-12-24-29/h1-9,12-13,17-20H,10-11H2,(H,25,31)/t17-,18-,19+,20+/m0/s1. The topological polar surface area (TPSA) is 131 Å². The van der Waals surface area contributed by atoms with Crippen LogP contribution in [0, 0.1) is 0 Å². The molecule has 0 saturated carbocycles. The molecule has 0 spiro atoms. The molecule has 6 rings (SSSR count). The largest absolute Gasteiger partial charge is 0.423 e. The highest BCUT2D eigenvalue weighted by molar-refractivity contribution is 5.94. The number of nitrogens with one attached hydrogen (secondary N) is 1. The molecule has 2 aliphatic rings. The summed E-state index contributed by atoms with van der Waals surface area (Å²) in [6, 6.07) is 16.0. The van der Waals surface area contributed by atoms with E-state index >= 15 is 0 Å². The SMILES string of the molecule is O=C(N[C@H]1CO[C@H]2[C@@H]1OC[C@@H]2n1nnnc1Oc1ccc(-n2cncn2)cc1)c1ccccc1. The molecule has 34 heavy (non-hydrogen) atoms. The maximum atomic E-state index is 12.6. The Morgan fingerprint density at radius 1 is 1.03 bits per heavy atom. The van der Waals surface area contributed by atoms with Crippen LogP contribution >= 0.6 is 0 Å². The van der Waals surface area contributed by atoms with Gasteiger partial charge in [-0.15, -0.1) is 0 Å². The molecule has 4 atom stereocenters. The molecule has 172 valence electrons. The zero-order chi connectivity index (χ0) is 22.9. The fourth-order valence-corrected chi connectivity index (χ4v) is 4.23. The van der Waals surface area contributed by atoms with Crippen molar-refractivity contribution in [3.8, 4) is 17.4 Å². The molecule has 1 amide bonds. The van der Waals surface area contributed by atoms with Gasteiger partial charge >= 0.3 is 6.01 Å². The molecule has 2 aromatic carbocycles. The molecule has 0 radical (unpaired) electrons. The van der Waals surface area contributed by atoms with E-state index < -0.39 is 0 Å². The van der Waals surface area contributed by atoms with E-state index in [2.05, 4.69) is 30.9 Å². The summed E-state index contributed by atoms with van der Waals surface area (Å²) in [4.78, 5) is 16.5. The Morgan fingerprint density at radius 2 is 1.85 bits per heavy atom. The van der Waals surface area contributed by atoms with Crippen molar-refractivity contribution in [2.24, 2.45) is 0 Å². The third-order valence-electron chi connectivity index (χ3n) is 5.89. The monoisotopic (exact) mass is 460 g/mol. The predicted molar refractivity (Wildman–Crippen MR) is 115 cm³/mol. The van der Waals surface area contributed by atoms with Crippen LogP contribution < -0.4 is 10.1 Å². The number of rotatable bonds is 6. The van der Waals surface area contributed by atoms with Crippen LogP contribution in [0.4, 0.5) is 0 Å². The van der Waals surface area contributed by atoms with Crippen LogP contribution in [0.2, 0.25) is 0 Å². The molecular formula is C22H20N8O4. The Bertz CT molecular complexity index is 1260. The molecule has 0 bridgehead atoms. The second-order valence-electron chi connectivity index (χ2n) is 7.95. The van der Waals surface area contributed by atoms with E-state index in [1.54, 1.807) is 40.0 Å². The highest BCUT2D eigenvalue weighted by atomic mass is 16.6. The maximum Gasteiger partial charge on any atom is 0.341 e. The van der Waals surface area contributed by atoms with Crippen molar-refractivity contribution >= 4 is 5.91 Å². The number of tetrazole rings is 1. The smallest absolute Gasteiger partial charge is 0.341 e. The van der Waals surface area contributed by atoms with E-state index in [9.17, 15) is 4.79 Å². The van der Waals surface area contributed by atoms with Crippen LogP contribution in [0.1, 0.15) is 16.4 Å². The van der Waals surface area contributed by atoms with Gasteiger partial charge < -0.3 is 19.5 Å². The van der Waals surface area contributed by atoms with Crippen molar-refractivity contribution in [2.45, 2.75) is 24.3 Å². The molecule has 2 saturated heterocycles. The number of carbonyl (C=O) groups is 1. The van der Waals surface area contributed by atoms with Gasteiger partial charge in [-0.2, -0.15) is 9.78 Å². The molecule has 0 aliphatic carbocycles. The van der Waals surface area contributed by atoms with E-state index in [0.717, 1.165) is 5.69 Å². The Labute approximate surface area is 193 Å². The summed E-state index contributed by atoms with van der Waals surface area (Å²) in [5.41, 5.74) is 1.44. The summed E-state index contributed by atoms with van der Waals surface area (Å²) in [5, 5.41) is 19.0. The van der Waals surface area contributed by atoms with Crippen molar-refractivity contribution in [2.75, 3.05) is 13.2 Å². The number of nitrogens with zero attached hydrogens (tertiary/aromatic N) is 7. The number of carbonyl (C=O) groups excluding carboxylic acids is 1. The van der Waals surface area contributed by atoms with E-state index in [4.69, 9.17) is 14.2 Å². The van der Waals surface area contributed by atoms with Gasteiger partial charge in [-0.3, -0.25) is 4.79 Å². The summed E-state index contributed by atoms with van der Waals surface area (Å²) >= 11 is 0. The minimum absolute atomic E-state index is 0.164. The predicted octanol–water partition coefficient (Wildman–Crippen LogP) is 1.18. The minimum Gasteiger partial charge on any atom is -0.423 e. The van der Waals surface area contributed by atoms with Crippen molar-refractivity contribution in [3.05, 3.63) is 72.8 Å². The normalized spacial score (nSPS) is 23.5. The van der Waals surface area contributed by atoms with Gasteiger partial charge in [-0.05, 0) is 46.8 Å². The molecule has 2 aliphatic heterocycles. The molecule has 2 fully saturated rings. The highest BCUT2D eigenvalue weighted by Gasteiger charge is 2.50. The first-order chi connectivity index (χ1) is 16.8. The molecule has 0 unspecified atom stereocenters. The maximum absolute atomic E-state index is 12.6. The third kappa shape index (κ3) is 3.78. The van der Waals surface area contributed by atoms with E-state index in [1.165, 1.54) is 6.33 Å². The quantitative estimate of drug-likeness (QED) is 0.451. The number of fused-ring (bicyclic) bond motifs is 1. The number of benzene rings is 2. The molecule has 12 nitrogen and oxygen atoms in total. The Balaban J connectivity index is 1.14. The Morgan fingerprint density at radius 3 is 2.65 bits per heavy atom. The second kappa shape index (κ2) is 8.65. The van der Waals surface area contributed by atoms with Crippen molar-refractivity contribution in [1.29, 1.82) is 0 Å². The van der Waals surface area contributed by atoms with Gasteiger partial charge in [0, 0.05) is 5.56 Å². The lowest BCUT2D eigenvalue weighted by Gasteiger charge is -2.18. The fourth-order valence-electron chi connectivity index (χ4n) is 4.23. The van der Waals surface area contributed by atoms with Gasteiger partial charge in [0.05, 0.1) is 24.9 Å². The fraction of sp³-hybridized carbons (Fsp3) is 0.273. The molecule has 2 aromatic heterocycles. The van der Waals surface area contributed by atoms with Gasteiger partial charge in [0.2, 0.25) is 0 Å². The first kappa shape index (κ1) is 20.4. The summed E-state index contributed by atoms with van der Waals surface area (Å²) < 4.78 is 21.1. The molecule has 1 N–H and O–H groups in total. The molecule has 12 heteroatoms. The van der Waals surface area contributed by atoms with Crippen LogP contribution in [0.3, 0.4) is 0 Å². The van der Waals surface area contributed by atoms with Crippen molar-refractivity contribution in [1.82, 2.24) is 40.3 Å². The average Bonchev–Trinajstić information content (AvgIpc) is 3.67. The molecular weight excluding hydrogens is 440 g/mol. The lowest BCUT2D eigenvalue weighted by molar-refractivity contribution is 0.0606. The van der Waals surface area contributed by atoms with E-state index in [-0.39, 0.29) is 36.2 Å².